The van der Waals surface area contributed by atoms with Crippen molar-refractivity contribution >= 4 is 0 Å². The molecule has 1 nitrogen and oxygen atoms in total. The van der Waals surface area contributed by atoms with Crippen molar-refractivity contribution < 1.29 is 8.78 Å². The molecule has 3 heteroatoms. The van der Waals surface area contributed by atoms with Gasteiger partial charge in [0.15, 0.2) is 0 Å². The molecule has 12 heavy (non-hydrogen) atoms. The summed E-state index contributed by atoms with van der Waals surface area (Å²) in [6.07, 6.45) is 1.40. The predicted molar refractivity (Wildman–Crippen MR) is 43.5 cm³/mol. The highest BCUT2D eigenvalue weighted by Gasteiger charge is 2.07. The first-order chi connectivity index (χ1) is 5.65. The molecular formula is C9H9F2N. The van der Waals surface area contributed by atoms with E-state index in [0.717, 1.165) is 6.07 Å². The summed E-state index contributed by atoms with van der Waals surface area (Å²) in [6, 6.07) is 2.71. The molecule has 0 bridgehead atoms. The van der Waals surface area contributed by atoms with Gasteiger partial charge in [0.05, 0.1) is 6.04 Å². The van der Waals surface area contributed by atoms with Crippen molar-refractivity contribution in [3.8, 4) is 0 Å². The monoisotopic (exact) mass is 169 g/mol. The number of nitrogens with two attached hydrogens (primary N) is 1. The maximum absolute atomic E-state index is 12.9. The van der Waals surface area contributed by atoms with Gasteiger partial charge in [0.1, 0.15) is 11.6 Å². The lowest BCUT2D eigenvalue weighted by Crippen LogP contribution is -2.08. The fourth-order valence-corrected chi connectivity index (χ4v) is 0.899. The van der Waals surface area contributed by atoms with Crippen LogP contribution >= 0.6 is 0 Å². The van der Waals surface area contributed by atoms with E-state index in [-0.39, 0.29) is 5.56 Å². The van der Waals surface area contributed by atoms with E-state index in [9.17, 15) is 8.78 Å². The molecular weight excluding hydrogens is 160 g/mol. The average molecular weight is 169 g/mol. The Morgan fingerprint density at radius 2 is 2.08 bits per heavy atom. The third-order valence-electron chi connectivity index (χ3n) is 1.58. The van der Waals surface area contributed by atoms with Crippen LogP contribution in [0.4, 0.5) is 8.78 Å². The molecule has 1 aromatic carbocycles. The average Bonchev–Trinajstić information content (AvgIpc) is 2.03. The number of hydrogen-bond acceptors (Lipinski definition) is 1. The number of hydrogen-bond donors (Lipinski definition) is 1. The van der Waals surface area contributed by atoms with Gasteiger partial charge < -0.3 is 5.73 Å². The third-order valence-corrected chi connectivity index (χ3v) is 1.58. The predicted octanol–water partition coefficient (Wildman–Crippen LogP) is 2.15. The van der Waals surface area contributed by atoms with Crippen LogP contribution in [0.5, 0.6) is 0 Å². The van der Waals surface area contributed by atoms with Gasteiger partial charge in [-0.25, -0.2) is 8.78 Å². The minimum Gasteiger partial charge on any atom is -0.321 e. The van der Waals surface area contributed by atoms with Crippen LogP contribution in [0.1, 0.15) is 11.6 Å². The van der Waals surface area contributed by atoms with Crippen LogP contribution in [0.3, 0.4) is 0 Å². The van der Waals surface area contributed by atoms with Crippen molar-refractivity contribution in [2.45, 2.75) is 6.04 Å². The van der Waals surface area contributed by atoms with Crippen LogP contribution in [-0.4, -0.2) is 0 Å². The fraction of sp³-hybridized carbons (Fsp3) is 0.111. The lowest BCUT2D eigenvalue weighted by Gasteiger charge is -2.06. The van der Waals surface area contributed by atoms with Crippen LogP contribution < -0.4 is 5.73 Å². The standard InChI is InChI=1S/C9H9F2N/c1-2-9(12)7-4-3-6(10)5-8(7)11/h2-5,9H,1,12H2/t9-/m0/s1. The van der Waals surface area contributed by atoms with Crippen LogP contribution in [0.15, 0.2) is 30.9 Å². The Balaban J connectivity index is 3.09. The van der Waals surface area contributed by atoms with Crippen LogP contribution in [-0.2, 0) is 0 Å². The summed E-state index contributed by atoms with van der Waals surface area (Å²) in [5.41, 5.74) is 5.72. The van der Waals surface area contributed by atoms with E-state index in [0.29, 0.717) is 0 Å². The molecule has 0 aliphatic rings. The van der Waals surface area contributed by atoms with E-state index < -0.39 is 17.7 Å². The topological polar surface area (TPSA) is 26.0 Å². The molecule has 0 saturated heterocycles. The van der Waals surface area contributed by atoms with Gasteiger partial charge in [-0.1, -0.05) is 12.1 Å². The molecule has 0 aromatic heterocycles. The van der Waals surface area contributed by atoms with Gasteiger partial charge in [0.2, 0.25) is 0 Å². The first-order valence-electron chi connectivity index (χ1n) is 3.48. The van der Waals surface area contributed by atoms with Crippen molar-refractivity contribution in [1.82, 2.24) is 0 Å². The quantitative estimate of drug-likeness (QED) is 0.674. The van der Waals surface area contributed by atoms with Gasteiger partial charge in [-0.3, -0.25) is 0 Å². The molecule has 0 aliphatic heterocycles. The molecule has 0 amide bonds. The first-order valence-corrected chi connectivity index (χ1v) is 3.48. The Labute approximate surface area is 69.5 Å². The molecule has 0 unspecified atom stereocenters. The summed E-state index contributed by atoms with van der Waals surface area (Å²) in [4.78, 5) is 0. The zero-order chi connectivity index (χ0) is 9.14. The smallest absolute Gasteiger partial charge is 0.131 e. The van der Waals surface area contributed by atoms with Crippen molar-refractivity contribution in [2.24, 2.45) is 5.73 Å². The van der Waals surface area contributed by atoms with Gasteiger partial charge in [-0.15, -0.1) is 6.58 Å². The number of benzene rings is 1. The normalized spacial score (nSPS) is 12.6. The molecule has 0 radical (unpaired) electrons. The molecule has 1 atom stereocenters. The third kappa shape index (κ3) is 1.68. The largest absolute Gasteiger partial charge is 0.321 e. The second kappa shape index (κ2) is 3.45. The number of halogens is 2. The molecule has 1 rings (SSSR count). The summed E-state index contributed by atoms with van der Waals surface area (Å²) in [6.45, 7) is 3.42. The molecule has 0 spiro atoms. The Morgan fingerprint density at radius 3 is 2.58 bits per heavy atom. The molecule has 0 heterocycles. The summed E-state index contributed by atoms with van der Waals surface area (Å²) < 4.78 is 25.3. The van der Waals surface area contributed by atoms with E-state index >= 15 is 0 Å². The van der Waals surface area contributed by atoms with E-state index in [1.807, 2.05) is 0 Å². The van der Waals surface area contributed by atoms with E-state index in [1.165, 1.54) is 18.2 Å². The summed E-state index contributed by atoms with van der Waals surface area (Å²) in [7, 11) is 0. The minimum absolute atomic E-state index is 0.256. The maximum Gasteiger partial charge on any atom is 0.131 e. The highest BCUT2D eigenvalue weighted by atomic mass is 19.1. The SMILES string of the molecule is C=C[C@H](N)c1ccc(F)cc1F. The van der Waals surface area contributed by atoms with Gasteiger partial charge in [-0.05, 0) is 6.07 Å². The molecule has 0 fully saturated rings. The Hall–Kier alpha value is -1.22. The van der Waals surface area contributed by atoms with Crippen LogP contribution in [0.25, 0.3) is 0 Å². The van der Waals surface area contributed by atoms with E-state index in [1.54, 1.807) is 0 Å². The second-order valence-electron chi connectivity index (χ2n) is 2.43. The zero-order valence-electron chi connectivity index (χ0n) is 6.43. The van der Waals surface area contributed by atoms with Crippen molar-refractivity contribution in [1.29, 1.82) is 0 Å². The van der Waals surface area contributed by atoms with Crippen LogP contribution in [0, 0.1) is 11.6 Å². The lowest BCUT2D eigenvalue weighted by molar-refractivity contribution is 0.567. The highest BCUT2D eigenvalue weighted by Crippen LogP contribution is 2.16. The molecule has 64 valence electrons. The maximum atomic E-state index is 12.9. The van der Waals surface area contributed by atoms with Crippen molar-refractivity contribution in [3.63, 3.8) is 0 Å². The summed E-state index contributed by atoms with van der Waals surface area (Å²) >= 11 is 0. The molecule has 1 aromatic rings. The Bertz CT molecular complexity index is 297. The number of rotatable bonds is 2. The molecule has 0 saturated carbocycles. The van der Waals surface area contributed by atoms with Crippen molar-refractivity contribution in [3.05, 3.63) is 48.1 Å². The van der Waals surface area contributed by atoms with Crippen molar-refractivity contribution in [2.75, 3.05) is 0 Å². The van der Waals surface area contributed by atoms with Gasteiger partial charge in [0.25, 0.3) is 0 Å². The second-order valence-corrected chi connectivity index (χ2v) is 2.43. The first kappa shape index (κ1) is 8.87. The van der Waals surface area contributed by atoms with Gasteiger partial charge in [-0.2, -0.15) is 0 Å². The molecule has 2 N–H and O–H groups in total. The summed E-state index contributed by atoms with van der Waals surface area (Å²) in [5, 5.41) is 0. The lowest BCUT2D eigenvalue weighted by atomic mass is 10.1. The van der Waals surface area contributed by atoms with Gasteiger partial charge in [0, 0.05) is 11.6 Å². The van der Waals surface area contributed by atoms with Gasteiger partial charge >= 0.3 is 0 Å². The Morgan fingerprint density at radius 1 is 1.42 bits per heavy atom. The minimum atomic E-state index is -0.637. The van der Waals surface area contributed by atoms with E-state index in [2.05, 4.69) is 6.58 Å². The molecule has 0 aliphatic carbocycles. The highest BCUT2D eigenvalue weighted by molar-refractivity contribution is 5.24. The van der Waals surface area contributed by atoms with Crippen LogP contribution in [0.2, 0.25) is 0 Å². The Kier molecular flexibility index (Phi) is 2.55. The summed E-state index contributed by atoms with van der Waals surface area (Å²) in [5.74, 6) is -1.24. The fourth-order valence-electron chi connectivity index (χ4n) is 0.899. The zero-order valence-corrected chi connectivity index (χ0v) is 6.43. The van der Waals surface area contributed by atoms with E-state index in [4.69, 9.17) is 5.73 Å².